The summed E-state index contributed by atoms with van der Waals surface area (Å²) < 4.78 is 28.5. The molecule has 4 aromatic rings. The molecule has 0 aliphatic carbocycles. The molecule has 3 aliphatic rings. The Kier molecular flexibility index (Phi) is 13.7. The van der Waals surface area contributed by atoms with Crippen LogP contribution in [0, 0.1) is 5.41 Å². The molecule has 5 amide bonds. The van der Waals surface area contributed by atoms with Crippen LogP contribution in [0.5, 0.6) is 0 Å². The minimum absolute atomic E-state index is 0.0998. The van der Waals surface area contributed by atoms with Gasteiger partial charge in [0.15, 0.2) is 9.84 Å². The van der Waals surface area contributed by atoms with E-state index in [0.717, 1.165) is 28.1 Å². The van der Waals surface area contributed by atoms with Gasteiger partial charge in [0.25, 0.3) is 5.91 Å². The molecule has 1 unspecified atom stereocenters. The molecule has 0 saturated carbocycles. The van der Waals surface area contributed by atoms with E-state index in [-0.39, 0.29) is 61.1 Å². The monoisotopic (exact) mass is 917 g/mol. The molecule has 1 aromatic heterocycles. The lowest BCUT2D eigenvalue weighted by atomic mass is 9.67. The molecule has 63 heavy (non-hydrogen) atoms. The van der Waals surface area contributed by atoms with Crippen LogP contribution in [0.1, 0.15) is 105 Å². The van der Waals surface area contributed by atoms with E-state index in [2.05, 4.69) is 20.9 Å². The zero-order valence-corrected chi connectivity index (χ0v) is 38.1. The second-order valence-electron chi connectivity index (χ2n) is 17.4. The van der Waals surface area contributed by atoms with Gasteiger partial charge in [0.1, 0.15) is 6.04 Å². The highest BCUT2D eigenvalue weighted by atomic mass is 35.5. The number of halogens is 2. The quantitative estimate of drug-likeness (QED) is 0.0843. The van der Waals surface area contributed by atoms with E-state index in [1.165, 1.54) is 4.90 Å². The van der Waals surface area contributed by atoms with Crippen LogP contribution in [-0.4, -0.2) is 86.9 Å². The van der Waals surface area contributed by atoms with Crippen molar-refractivity contribution in [3.05, 3.63) is 117 Å². The number of piperidine rings is 2. The molecule has 17 heteroatoms. The van der Waals surface area contributed by atoms with Crippen LogP contribution in [0.25, 0.3) is 0 Å². The topological polar surface area (TPSA) is 180 Å². The summed E-state index contributed by atoms with van der Waals surface area (Å²) in [5.74, 6) is -2.17. The average molecular weight is 919 g/mol. The fourth-order valence-electron chi connectivity index (χ4n) is 9.10. The molecule has 0 spiro atoms. The van der Waals surface area contributed by atoms with Gasteiger partial charge >= 0.3 is 0 Å². The molecule has 2 saturated heterocycles. The minimum Gasteiger partial charge on any atom is -0.379 e. The fraction of sp³-hybridized carbons (Fsp3) is 0.435. The Labute approximate surface area is 378 Å². The molecule has 7 rings (SSSR count). The molecule has 3 aliphatic heterocycles. The highest BCUT2D eigenvalue weighted by Crippen LogP contribution is 2.52. The standard InChI is InChI=1S/C46H53Cl2N7O7S/c1-28(2)63(61,62)26-29(3)55-42(30-12-14-32(47)15-13-30)36(31-8-5-9-33(48)20-31)21-46(4,45(55)60)22-41(57)49-18-7-19-53-24-34(51-27-53)23-50-38-11-6-10-35-37(38)25-54(44(35)59)39-16-17-40(56)52-43(39)58/h5-6,8-15,20,24,27-29,36,39,42,50H,7,16-19,21-23,25-26H2,1-4H3,(H,49,57)(H,52,56,58)/t29-,36+,39?,42+,46+/m0/s1. The number of amides is 5. The first-order valence-corrected chi connectivity index (χ1v) is 23.7. The lowest BCUT2D eigenvalue weighted by Crippen LogP contribution is -2.57. The van der Waals surface area contributed by atoms with Crippen molar-refractivity contribution in [2.24, 2.45) is 5.41 Å². The predicted octanol–water partition coefficient (Wildman–Crippen LogP) is 6.43. The van der Waals surface area contributed by atoms with Crippen molar-refractivity contribution < 1.29 is 32.4 Å². The van der Waals surface area contributed by atoms with Crippen molar-refractivity contribution in [2.45, 2.75) is 109 Å². The predicted molar refractivity (Wildman–Crippen MR) is 241 cm³/mol. The van der Waals surface area contributed by atoms with E-state index in [0.29, 0.717) is 48.1 Å². The molecule has 0 bridgehead atoms. The minimum atomic E-state index is -3.55. The second-order valence-corrected chi connectivity index (χ2v) is 20.9. The Bertz CT molecular complexity index is 2510. The molecule has 0 radical (unpaired) electrons. The van der Waals surface area contributed by atoms with Gasteiger partial charge in [-0.1, -0.05) is 60.5 Å². The van der Waals surface area contributed by atoms with Gasteiger partial charge in [0.2, 0.25) is 23.6 Å². The Hall–Kier alpha value is -5.25. The zero-order chi connectivity index (χ0) is 45.2. The molecular formula is C46H53Cl2N7O7S. The van der Waals surface area contributed by atoms with Gasteiger partial charge in [0, 0.05) is 77.5 Å². The highest BCUT2D eigenvalue weighted by Gasteiger charge is 2.52. The van der Waals surface area contributed by atoms with E-state index >= 15 is 0 Å². The first-order valence-electron chi connectivity index (χ1n) is 21.3. The summed E-state index contributed by atoms with van der Waals surface area (Å²) in [4.78, 5) is 73.7. The number of sulfone groups is 1. The van der Waals surface area contributed by atoms with Crippen molar-refractivity contribution >= 4 is 68.3 Å². The summed E-state index contributed by atoms with van der Waals surface area (Å²) in [6.45, 7) is 8.36. The summed E-state index contributed by atoms with van der Waals surface area (Å²) in [6.07, 6.45) is 4.90. The molecular weight excluding hydrogens is 866 g/mol. The maximum atomic E-state index is 14.8. The van der Waals surface area contributed by atoms with Crippen LogP contribution in [-0.2, 0) is 48.6 Å². The number of anilines is 1. The number of aryl methyl sites for hydroxylation is 1. The van der Waals surface area contributed by atoms with E-state index in [4.69, 9.17) is 23.2 Å². The number of rotatable bonds is 16. The first kappa shape index (κ1) is 45.8. The fourth-order valence-corrected chi connectivity index (χ4v) is 10.6. The Morgan fingerprint density at radius 1 is 0.984 bits per heavy atom. The van der Waals surface area contributed by atoms with Gasteiger partial charge in [-0.05, 0) is 87.6 Å². The smallest absolute Gasteiger partial charge is 0.255 e. The third-order valence-corrected chi connectivity index (χ3v) is 15.3. The van der Waals surface area contributed by atoms with Crippen molar-refractivity contribution in [1.82, 2.24) is 30.0 Å². The molecule has 3 aromatic carbocycles. The number of imide groups is 1. The van der Waals surface area contributed by atoms with Gasteiger partial charge in [0.05, 0.1) is 41.0 Å². The largest absolute Gasteiger partial charge is 0.379 e. The maximum absolute atomic E-state index is 14.8. The normalized spacial score (nSPS) is 22.0. The van der Waals surface area contributed by atoms with Gasteiger partial charge in [-0.25, -0.2) is 13.4 Å². The highest BCUT2D eigenvalue weighted by molar-refractivity contribution is 7.92. The number of hydrogen-bond donors (Lipinski definition) is 3. The summed E-state index contributed by atoms with van der Waals surface area (Å²) in [7, 11) is -3.55. The van der Waals surface area contributed by atoms with E-state index in [1.807, 2.05) is 47.2 Å². The number of nitrogens with one attached hydrogen (secondary N) is 3. The second kappa shape index (κ2) is 18.8. The van der Waals surface area contributed by atoms with Crippen LogP contribution in [0.4, 0.5) is 5.69 Å². The number of benzene rings is 3. The summed E-state index contributed by atoms with van der Waals surface area (Å²) in [5.41, 5.74) is 3.33. The van der Waals surface area contributed by atoms with Gasteiger partial charge in [-0.2, -0.15) is 0 Å². The number of carbonyl (C=O) groups excluding carboxylic acids is 5. The van der Waals surface area contributed by atoms with E-state index in [9.17, 15) is 32.4 Å². The van der Waals surface area contributed by atoms with Crippen LogP contribution in [0.3, 0.4) is 0 Å². The number of carbonyl (C=O) groups is 5. The van der Waals surface area contributed by atoms with Crippen LogP contribution >= 0.6 is 23.2 Å². The average Bonchev–Trinajstić information content (AvgIpc) is 3.83. The van der Waals surface area contributed by atoms with Crippen molar-refractivity contribution in [1.29, 1.82) is 0 Å². The third kappa shape index (κ3) is 10.1. The number of fused-ring (bicyclic) bond motifs is 1. The SMILES string of the molecule is CC(C)S(=O)(=O)C[C@H](C)N1C(=O)[C@@](C)(CC(=O)NCCCn2cnc(CNc3cccc4c3CN(C3CCC(=O)NC3=O)C4=O)c2)C[C@H](c2cccc(Cl)c2)[C@H]1c1ccc(Cl)cc1. The lowest BCUT2D eigenvalue weighted by molar-refractivity contribution is -0.156. The zero-order valence-electron chi connectivity index (χ0n) is 35.8. The van der Waals surface area contributed by atoms with Crippen molar-refractivity contribution in [2.75, 3.05) is 17.6 Å². The van der Waals surface area contributed by atoms with Crippen LogP contribution in [0.2, 0.25) is 10.0 Å². The summed E-state index contributed by atoms with van der Waals surface area (Å²) >= 11 is 12.8. The third-order valence-electron chi connectivity index (χ3n) is 12.5. The number of aromatic nitrogens is 2. The Balaban J connectivity index is 0.985. The Morgan fingerprint density at radius 2 is 1.73 bits per heavy atom. The lowest BCUT2D eigenvalue weighted by Gasteiger charge is -2.51. The van der Waals surface area contributed by atoms with E-state index < -0.39 is 44.5 Å². The number of likely N-dealkylation sites (tertiary alicyclic amines) is 1. The number of imidazole rings is 1. The van der Waals surface area contributed by atoms with Crippen molar-refractivity contribution in [3.8, 4) is 0 Å². The van der Waals surface area contributed by atoms with E-state index in [1.54, 1.807) is 69.3 Å². The molecule has 334 valence electrons. The van der Waals surface area contributed by atoms with Crippen LogP contribution < -0.4 is 16.0 Å². The molecule has 4 heterocycles. The Morgan fingerprint density at radius 3 is 2.44 bits per heavy atom. The van der Waals surface area contributed by atoms with Crippen LogP contribution in [0.15, 0.2) is 79.3 Å². The number of nitrogens with zero attached hydrogens (tertiary/aromatic N) is 4. The molecule has 3 N–H and O–H groups in total. The van der Waals surface area contributed by atoms with Gasteiger partial charge < -0.3 is 25.0 Å². The summed E-state index contributed by atoms with van der Waals surface area (Å²) in [5, 5.41) is 9.15. The number of hydrogen-bond acceptors (Lipinski definition) is 9. The molecule has 5 atom stereocenters. The summed E-state index contributed by atoms with van der Waals surface area (Å²) in [6, 6.07) is 18.1. The first-order chi connectivity index (χ1) is 29.9. The molecule has 2 fully saturated rings. The van der Waals surface area contributed by atoms with Gasteiger partial charge in [-0.15, -0.1) is 0 Å². The molecule has 14 nitrogen and oxygen atoms in total. The maximum Gasteiger partial charge on any atom is 0.255 e. The van der Waals surface area contributed by atoms with Gasteiger partial charge in [-0.3, -0.25) is 29.3 Å². The van der Waals surface area contributed by atoms with Crippen molar-refractivity contribution in [3.63, 3.8) is 0 Å².